The summed E-state index contributed by atoms with van der Waals surface area (Å²) in [5.41, 5.74) is 1.38. The molecule has 0 bridgehead atoms. The molecule has 1 fully saturated rings. The SMILES string of the molecule is CCC1CN(Cc2ccncc2)C(CC(C)C)CN1. The molecule has 0 radical (unpaired) electrons. The normalized spacial score (nSPS) is 24.8. The van der Waals surface area contributed by atoms with E-state index in [1.165, 1.54) is 18.4 Å². The molecule has 1 N–H and O–H groups in total. The molecule has 1 saturated heterocycles. The fourth-order valence-electron chi connectivity index (χ4n) is 2.89. The number of nitrogens with zero attached hydrogens (tertiary/aromatic N) is 2. The molecule has 0 saturated carbocycles. The maximum atomic E-state index is 4.11. The van der Waals surface area contributed by atoms with Gasteiger partial charge in [-0.2, -0.15) is 0 Å². The lowest BCUT2D eigenvalue weighted by Gasteiger charge is -2.41. The van der Waals surface area contributed by atoms with E-state index in [0.717, 1.165) is 25.6 Å². The van der Waals surface area contributed by atoms with Crippen molar-refractivity contribution in [3.05, 3.63) is 30.1 Å². The Labute approximate surface area is 117 Å². The van der Waals surface area contributed by atoms with Gasteiger partial charge in [0.2, 0.25) is 0 Å². The third kappa shape index (κ3) is 4.29. The lowest BCUT2D eigenvalue weighted by molar-refractivity contribution is 0.105. The molecule has 2 unspecified atom stereocenters. The summed E-state index contributed by atoms with van der Waals surface area (Å²) >= 11 is 0. The van der Waals surface area contributed by atoms with Gasteiger partial charge in [-0.15, -0.1) is 0 Å². The van der Waals surface area contributed by atoms with Gasteiger partial charge in [0.05, 0.1) is 0 Å². The molecule has 1 aliphatic heterocycles. The molecule has 2 atom stereocenters. The molecule has 2 heterocycles. The molecule has 1 aliphatic rings. The number of rotatable bonds is 5. The van der Waals surface area contributed by atoms with E-state index in [0.29, 0.717) is 12.1 Å². The van der Waals surface area contributed by atoms with Crippen molar-refractivity contribution in [2.24, 2.45) is 5.92 Å². The summed E-state index contributed by atoms with van der Waals surface area (Å²) < 4.78 is 0. The van der Waals surface area contributed by atoms with Gasteiger partial charge in [-0.25, -0.2) is 0 Å². The zero-order valence-electron chi connectivity index (χ0n) is 12.5. The molecule has 2 rings (SSSR count). The first-order valence-electron chi connectivity index (χ1n) is 7.55. The second-order valence-corrected chi connectivity index (χ2v) is 6.08. The molecule has 0 spiro atoms. The van der Waals surface area contributed by atoms with Crippen LogP contribution in [0.25, 0.3) is 0 Å². The molecule has 0 aromatic carbocycles. The Kier molecular flexibility index (Phi) is 5.34. The minimum absolute atomic E-state index is 0.644. The van der Waals surface area contributed by atoms with E-state index < -0.39 is 0 Å². The van der Waals surface area contributed by atoms with Crippen LogP contribution in [-0.2, 0) is 6.54 Å². The molecule has 106 valence electrons. The molecule has 3 nitrogen and oxygen atoms in total. The van der Waals surface area contributed by atoms with E-state index in [4.69, 9.17) is 0 Å². The highest BCUT2D eigenvalue weighted by Crippen LogP contribution is 2.19. The number of hydrogen-bond donors (Lipinski definition) is 1. The molecule has 0 aliphatic carbocycles. The average molecular weight is 261 g/mol. The molecule has 19 heavy (non-hydrogen) atoms. The number of hydrogen-bond acceptors (Lipinski definition) is 3. The van der Waals surface area contributed by atoms with Crippen LogP contribution in [0, 0.1) is 5.92 Å². The van der Waals surface area contributed by atoms with Gasteiger partial charge in [0.15, 0.2) is 0 Å². The van der Waals surface area contributed by atoms with Crippen molar-refractivity contribution in [2.45, 2.75) is 52.2 Å². The van der Waals surface area contributed by atoms with E-state index in [-0.39, 0.29) is 0 Å². The second kappa shape index (κ2) is 7.01. The standard InChI is InChI=1S/C16H27N3/c1-4-15-12-19(11-14-5-7-17-8-6-14)16(10-18-15)9-13(2)3/h5-8,13,15-16,18H,4,9-12H2,1-3H3. The summed E-state index contributed by atoms with van der Waals surface area (Å²) in [5, 5.41) is 3.69. The lowest BCUT2D eigenvalue weighted by Crippen LogP contribution is -2.56. The zero-order chi connectivity index (χ0) is 13.7. The zero-order valence-corrected chi connectivity index (χ0v) is 12.5. The summed E-state index contributed by atoms with van der Waals surface area (Å²) in [6, 6.07) is 5.58. The third-order valence-corrected chi connectivity index (χ3v) is 3.98. The summed E-state index contributed by atoms with van der Waals surface area (Å²) in [6.07, 6.45) is 6.27. The largest absolute Gasteiger partial charge is 0.311 e. The smallest absolute Gasteiger partial charge is 0.0271 e. The van der Waals surface area contributed by atoms with Crippen molar-refractivity contribution < 1.29 is 0 Å². The molecule has 1 aromatic rings. The van der Waals surface area contributed by atoms with E-state index in [9.17, 15) is 0 Å². The van der Waals surface area contributed by atoms with Crippen molar-refractivity contribution >= 4 is 0 Å². The predicted octanol–water partition coefficient (Wildman–Crippen LogP) is 2.68. The second-order valence-electron chi connectivity index (χ2n) is 6.08. The first-order valence-corrected chi connectivity index (χ1v) is 7.55. The van der Waals surface area contributed by atoms with Crippen LogP contribution in [0.15, 0.2) is 24.5 Å². The Bertz CT molecular complexity index is 364. The van der Waals surface area contributed by atoms with Crippen LogP contribution in [0.5, 0.6) is 0 Å². The topological polar surface area (TPSA) is 28.2 Å². The van der Waals surface area contributed by atoms with Gasteiger partial charge < -0.3 is 5.32 Å². The van der Waals surface area contributed by atoms with E-state index in [1.807, 2.05) is 12.4 Å². The van der Waals surface area contributed by atoms with Gasteiger partial charge in [0.1, 0.15) is 0 Å². The predicted molar refractivity (Wildman–Crippen MR) is 80.0 cm³/mol. The Balaban J connectivity index is 2.02. The number of piperazine rings is 1. The Morgan fingerprint density at radius 1 is 1.37 bits per heavy atom. The minimum atomic E-state index is 0.644. The maximum Gasteiger partial charge on any atom is 0.0271 e. The highest BCUT2D eigenvalue weighted by molar-refractivity contribution is 5.10. The van der Waals surface area contributed by atoms with Crippen molar-refractivity contribution in [3.8, 4) is 0 Å². The van der Waals surface area contributed by atoms with Gasteiger partial charge >= 0.3 is 0 Å². The monoisotopic (exact) mass is 261 g/mol. The highest BCUT2D eigenvalue weighted by atomic mass is 15.2. The third-order valence-electron chi connectivity index (χ3n) is 3.98. The number of pyridine rings is 1. The fourth-order valence-corrected chi connectivity index (χ4v) is 2.89. The maximum absolute atomic E-state index is 4.11. The average Bonchev–Trinajstić information content (AvgIpc) is 2.41. The summed E-state index contributed by atoms with van der Waals surface area (Å²) in [7, 11) is 0. The van der Waals surface area contributed by atoms with Crippen molar-refractivity contribution in [1.82, 2.24) is 15.2 Å². The summed E-state index contributed by atoms with van der Waals surface area (Å²) in [5.74, 6) is 0.755. The minimum Gasteiger partial charge on any atom is -0.311 e. The van der Waals surface area contributed by atoms with Gasteiger partial charge in [-0.3, -0.25) is 9.88 Å². The first-order chi connectivity index (χ1) is 9.19. The van der Waals surface area contributed by atoms with E-state index in [2.05, 4.69) is 48.1 Å². The Morgan fingerprint density at radius 3 is 2.74 bits per heavy atom. The van der Waals surface area contributed by atoms with Crippen molar-refractivity contribution in [1.29, 1.82) is 0 Å². The first kappa shape index (κ1) is 14.5. The number of aromatic nitrogens is 1. The highest BCUT2D eigenvalue weighted by Gasteiger charge is 2.27. The van der Waals surface area contributed by atoms with Crippen molar-refractivity contribution in [2.75, 3.05) is 13.1 Å². The Morgan fingerprint density at radius 2 is 2.11 bits per heavy atom. The van der Waals surface area contributed by atoms with Gasteiger partial charge in [0.25, 0.3) is 0 Å². The van der Waals surface area contributed by atoms with E-state index in [1.54, 1.807) is 0 Å². The van der Waals surface area contributed by atoms with Gasteiger partial charge in [0, 0.05) is 44.1 Å². The van der Waals surface area contributed by atoms with Crippen LogP contribution in [0.3, 0.4) is 0 Å². The quantitative estimate of drug-likeness (QED) is 0.883. The Hall–Kier alpha value is -0.930. The van der Waals surface area contributed by atoms with Gasteiger partial charge in [-0.1, -0.05) is 20.8 Å². The number of nitrogens with one attached hydrogen (secondary N) is 1. The van der Waals surface area contributed by atoms with Crippen LogP contribution < -0.4 is 5.32 Å². The van der Waals surface area contributed by atoms with Crippen LogP contribution in [-0.4, -0.2) is 35.1 Å². The lowest BCUT2D eigenvalue weighted by atomic mass is 9.98. The molecular formula is C16H27N3. The van der Waals surface area contributed by atoms with Crippen LogP contribution in [0.4, 0.5) is 0 Å². The molecular weight excluding hydrogens is 234 g/mol. The fraction of sp³-hybridized carbons (Fsp3) is 0.688. The van der Waals surface area contributed by atoms with Crippen LogP contribution >= 0.6 is 0 Å². The van der Waals surface area contributed by atoms with Crippen LogP contribution in [0.2, 0.25) is 0 Å². The van der Waals surface area contributed by atoms with Gasteiger partial charge in [-0.05, 0) is 36.5 Å². The summed E-state index contributed by atoms with van der Waals surface area (Å²) in [6.45, 7) is 10.2. The molecule has 3 heteroatoms. The van der Waals surface area contributed by atoms with Crippen molar-refractivity contribution in [3.63, 3.8) is 0 Å². The molecule has 0 amide bonds. The van der Waals surface area contributed by atoms with E-state index >= 15 is 0 Å². The van der Waals surface area contributed by atoms with Crippen LogP contribution in [0.1, 0.15) is 39.2 Å². The molecule has 1 aromatic heterocycles. The summed E-state index contributed by atoms with van der Waals surface area (Å²) in [4.78, 5) is 6.76.